The van der Waals surface area contributed by atoms with E-state index < -0.39 is 24.6 Å². The molecule has 1 heterocycles. The molecule has 5 heteroatoms. The predicted octanol–water partition coefficient (Wildman–Crippen LogP) is -1.93. The fourth-order valence-corrected chi connectivity index (χ4v) is 1.08. The molecule has 0 aromatic rings. The Morgan fingerprint density at radius 3 is 2.45 bits per heavy atom. The lowest BCUT2D eigenvalue weighted by atomic mass is 10.1. The molecule has 5 nitrogen and oxygen atoms in total. The Kier molecular flexibility index (Phi) is 2.46. The van der Waals surface area contributed by atoms with E-state index in [4.69, 9.17) is 19.7 Å². The van der Waals surface area contributed by atoms with E-state index in [0.29, 0.717) is 0 Å². The predicted molar refractivity (Wildman–Crippen MR) is 34.8 cm³/mol. The van der Waals surface area contributed by atoms with Gasteiger partial charge in [0.2, 0.25) is 5.79 Å². The van der Waals surface area contributed by atoms with Gasteiger partial charge in [-0.2, -0.15) is 0 Å². The van der Waals surface area contributed by atoms with Gasteiger partial charge in [-0.25, -0.2) is 0 Å². The Bertz CT molecular complexity index is 133. The molecule has 3 atom stereocenters. The van der Waals surface area contributed by atoms with Crippen molar-refractivity contribution in [3.05, 3.63) is 0 Å². The summed E-state index contributed by atoms with van der Waals surface area (Å²) in [5.41, 5.74) is 0. The molecule has 11 heavy (non-hydrogen) atoms. The first kappa shape index (κ1) is 8.89. The molecule has 0 saturated carbocycles. The number of aliphatic hydroxyl groups is 3. The Balaban J connectivity index is 2.69. The summed E-state index contributed by atoms with van der Waals surface area (Å²) < 4.78 is 9.64. The molecule has 0 bridgehead atoms. The highest BCUT2D eigenvalue weighted by Gasteiger charge is 2.49. The number of methoxy groups -OCH3 is 1. The number of hydrogen-bond donors (Lipinski definition) is 3. The molecule has 1 saturated heterocycles. The first-order chi connectivity index (χ1) is 5.16. The third-order valence-electron chi connectivity index (χ3n) is 1.88. The molecule has 0 unspecified atom stereocenters. The van der Waals surface area contributed by atoms with Crippen LogP contribution in [0.1, 0.15) is 0 Å². The Morgan fingerprint density at radius 2 is 2.27 bits per heavy atom. The molecule has 66 valence electrons. The van der Waals surface area contributed by atoms with Crippen molar-refractivity contribution in [2.75, 3.05) is 20.3 Å². The summed E-state index contributed by atoms with van der Waals surface area (Å²) in [5, 5.41) is 27.1. The van der Waals surface area contributed by atoms with Gasteiger partial charge in [-0.3, -0.25) is 0 Å². The lowest BCUT2D eigenvalue weighted by Gasteiger charge is -2.27. The van der Waals surface area contributed by atoms with Crippen LogP contribution in [-0.2, 0) is 9.47 Å². The second-order valence-corrected chi connectivity index (χ2v) is 2.50. The highest BCUT2D eigenvalue weighted by Crippen LogP contribution is 2.26. The molecule has 1 aliphatic rings. The second-order valence-electron chi connectivity index (χ2n) is 2.50. The Hall–Kier alpha value is -0.200. The molecule has 0 aliphatic carbocycles. The second kappa shape index (κ2) is 3.04. The molecule has 0 radical (unpaired) electrons. The lowest BCUT2D eigenvalue weighted by molar-refractivity contribution is -0.251. The fraction of sp³-hybridized carbons (Fsp3) is 1.00. The van der Waals surface area contributed by atoms with E-state index in [-0.39, 0.29) is 6.61 Å². The minimum atomic E-state index is -1.43. The van der Waals surface area contributed by atoms with E-state index in [1.54, 1.807) is 0 Å². The molecule has 3 N–H and O–H groups in total. The van der Waals surface area contributed by atoms with Crippen LogP contribution in [0.5, 0.6) is 0 Å². The van der Waals surface area contributed by atoms with Gasteiger partial charge in [0, 0.05) is 7.11 Å². The van der Waals surface area contributed by atoms with E-state index >= 15 is 0 Å². The minimum Gasteiger partial charge on any atom is -0.391 e. The third kappa shape index (κ3) is 1.25. The highest BCUT2D eigenvalue weighted by atomic mass is 16.7. The van der Waals surface area contributed by atoms with E-state index in [0.717, 1.165) is 0 Å². The molecular weight excluding hydrogens is 152 g/mol. The molecule has 0 aromatic carbocycles. The molecule has 1 aliphatic heterocycles. The van der Waals surface area contributed by atoms with Crippen molar-refractivity contribution in [2.45, 2.75) is 18.0 Å². The van der Waals surface area contributed by atoms with Gasteiger partial charge in [-0.1, -0.05) is 0 Å². The van der Waals surface area contributed by atoms with Gasteiger partial charge < -0.3 is 24.8 Å². The van der Waals surface area contributed by atoms with Crippen LogP contribution < -0.4 is 0 Å². The first-order valence-electron chi connectivity index (χ1n) is 3.32. The average molecular weight is 164 g/mol. The largest absolute Gasteiger partial charge is 0.391 e. The van der Waals surface area contributed by atoms with Gasteiger partial charge in [0.25, 0.3) is 0 Å². The van der Waals surface area contributed by atoms with Crippen LogP contribution in [-0.4, -0.2) is 53.6 Å². The van der Waals surface area contributed by atoms with Gasteiger partial charge in [-0.05, 0) is 0 Å². The number of rotatable bonds is 2. The maximum absolute atomic E-state index is 9.25. The number of ether oxygens (including phenoxy) is 2. The van der Waals surface area contributed by atoms with Gasteiger partial charge in [0.1, 0.15) is 18.8 Å². The topological polar surface area (TPSA) is 79.2 Å². The van der Waals surface area contributed by atoms with Gasteiger partial charge in [0.05, 0.1) is 6.61 Å². The Morgan fingerprint density at radius 1 is 1.64 bits per heavy atom. The van der Waals surface area contributed by atoms with Crippen LogP contribution >= 0.6 is 0 Å². The number of aliphatic hydroxyl groups excluding tert-OH is 3. The minimum absolute atomic E-state index is 0.0183. The van der Waals surface area contributed by atoms with Crippen LogP contribution in [0.2, 0.25) is 0 Å². The summed E-state index contributed by atoms with van der Waals surface area (Å²) in [6.07, 6.45) is -2.17. The van der Waals surface area contributed by atoms with Gasteiger partial charge in [-0.15, -0.1) is 0 Å². The zero-order valence-corrected chi connectivity index (χ0v) is 6.23. The first-order valence-corrected chi connectivity index (χ1v) is 3.32. The van der Waals surface area contributed by atoms with Gasteiger partial charge >= 0.3 is 0 Å². The highest BCUT2D eigenvalue weighted by molar-refractivity contribution is 4.90. The monoisotopic (exact) mass is 164 g/mol. The quantitative estimate of drug-likeness (QED) is 0.443. The van der Waals surface area contributed by atoms with Gasteiger partial charge in [0.15, 0.2) is 0 Å². The average Bonchev–Trinajstić information content (AvgIpc) is 2.32. The van der Waals surface area contributed by atoms with Crippen molar-refractivity contribution in [1.29, 1.82) is 0 Å². The SMILES string of the molecule is CO[C@]1(CO)OC[C@H](O)[C@H]1O. The third-order valence-corrected chi connectivity index (χ3v) is 1.88. The zero-order chi connectivity index (χ0) is 8.48. The standard InChI is InChI=1S/C6H12O5/c1-10-6(3-7)5(9)4(8)2-11-6/h4-5,7-9H,2-3H2,1H3/t4-,5+,6+/m0/s1. The Labute approximate surface area is 64.2 Å². The van der Waals surface area contributed by atoms with Crippen LogP contribution in [0.4, 0.5) is 0 Å². The molecule has 1 rings (SSSR count). The van der Waals surface area contributed by atoms with Crippen molar-refractivity contribution in [1.82, 2.24) is 0 Å². The van der Waals surface area contributed by atoms with Crippen molar-refractivity contribution in [3.8, 4) is 0 Å². The normalized spacial score (nSPS) is 44.7. The van der Waals surface area contributed by atoms with Crippen LogP contribution in [0.25, 0.3) is 0 Å². The van der Waals surface area contributed by atoms with Crippen LogP contribution in [0, 0.1) is 0 Å². The van der Waals surface area contributed by atoms with E-state index in [1.165, 1.54) is 7.11 Å². The lowest BCUT2D eigenvalue weighted by Crippen LogP contribution is -2.47. The summed E-state index contributed by atoms with van der Waals surface area (Å²) in [4.78, 5) is 0. The molecular formula is C6H12O5. The summed E-state index contributed by atoms with van der Waals surface area (Å²) in [7, 11) is 1.30. The van der Waals surface area contributed by atoms with Crippen molar-refractivity contribution >= 4 is 0 Å². The maximum Gasteiger partial charge on any atom is 0.220 e. The van der Waals surface area contributed by atoms with Crippen LogP contribution in [0.15, 0.2) is 0 Å². The summed E-state index contributed by atoms with van der Waals surface area (Å²) in [5.74, 6) is -1.43. The summed E-state index contributed by atoms with van der Waals surface area (Å²) >= 11 is 0. The fourth-order valence-electron chi connectivity index (χ4n) is 1.08. The van der Waals surface area contributed by atoms with Crippen molar-refractivity contribution in [2.24, 2.45) is 0 Å². The molecule has 0 aromatic heterocycles. The summed E-state index contributed by atoms with van der Waals surface area (Å²) in [6.45, 7) is -0.489. The number of hydrogen-bond acceptors (Lipinski definition) is 5. The smallest absolute Gasteiger partial charge is 0.220 e. The molecule has 1 fully saturated rings. The molecule has 0 spiro atoms. The van der Waals surface area contributed by atoms with E-state index in [2.05, 4.69) is 0 Å². The van der Waals surface area contributed by atoms with Crippen molar-refractivity contribution in [3.63, 3.8) is 0 Å². The summed E-state index contributed by atoms with van der Waals surface area (Å²) in [6, 6.07) is 0. The van der Waals surface area contributed by atoms with Crippen molar-refractivity contribution < 1.29 is 24.8 Å². The van der Waals surface area contributed by atoms with E-state index in [9.17, 15) is 5.11 Å². The van der Waals surface area contributed by atoms with E-state index in [1.807, 2.05) is 0 Å². The molecule has 0 amide bonds. The zero-order valence-electron chi connectivity index (χ0n) is 6.23. The maximum atomic E-state index is 9.25. The van der Waals surface area contributed by atoms with Crippen LogP contribution in [0.3, 0.4) is 0 Å².